The first kappa shape index (κ1) is 6.86. The number of hydrogen-bond acceptors (Lipinski definition) is 1. The predicted octanol–water partition coefficient (Wildman–Crippen LogP) is 1.58. The van der Waals surface area contributed by atoms with E-state index in [9.17, 15) is 0 Å². The molecule has 0 spiro atoms. The van der Waals surface area contributed by atoms with Crippen LogP contribution in [0.3, 0.4) is 0 Å². The monoisotopic (exact) mass is 146 g/mol. The standard InChI is InChI=1S/C10H12N/c1-2-4-9(5-3-1)10-6-7-11-8-10/h1-6,10-11H,7-8H2. The molecule has 0 amide bonds. The molecule has 1 aromatic rings. The lowest BCUT2D eigenvalue weighted by molar-refractivity contribution is 0.799. The van der Waals surface area contributed by atoms with Gasteiger partial charge in [0.05, 0.1) is 0 Å². The molecular weight excluding hydrogens is 134 g/mol. The fourth-order valence-electron chi connectivity index (χ4n) is 1.50. The molecule has 1 saturated heterocycles. The Labute approximate surface area is 67.4 Å². The molecule has 2 rings (SSSR count). The van der Waals surface area contributed by atoms with Gasteiger partial charge in [-0.2, -0.15) is 0 Å². The Morgan fingerprint density at radius 2 is 2.00 bits per heavy atom. The highest BCUT2D eigenvalue weighted by molar-refractivity contribution is 5.24. The van der Waals surface area contributed by atoms with E-state index < -0.39 is 0 Å². The van der Waals surface area contributed by atoms with Crippen LogP contribution in [0.1, 0.15) is 11.5 Å². The van der Waals surface area contributed by atoms with Crippen LogP contribution in [0.5, 0.6) is 0 Å². The average Bonchev–Trinajstić information content (AvgIpc) is 2.58. The maximum absolute atomic E-state index is 3.32. The fraction of sp³-hybridized carbons (Fsp3) is 0.300. The first-order valence-electron chi connectivity index (χ1n) is 4.06. The molecule has 1 aliphatic heterocycles. The second-order valence-electron chi connectivity index (χ2n) is 2.91. The van der Waals surface area contributed by atoms with Crippen molar-refractivity contribution in [1.82, 2.24) is 5.32 Å². The first-order valence-corrected chi connectivity index (χ1v) is 4.06. The second-order valence-corrected chi connectivity index (χ2v) is 2.91. The molecule has 1 N–H and O–H groups in total. The van der Waals surface area contributed by atoms with Gasteiger partial charge in [0.25, 0.3) is 0 Å². The first-order chi connectivity index (χ1) is 5.47. The number of rotatable bonds is 1. The average molecular weight is 146 g/mol. The zero-order chi connectivity index (χ0) is 7.52. The van der Waals surface area contributed by atoms with Crippen molar-refractivity contribution in [3.8, 4) is 0 Å². The molecule has 1 atom stereocenters. The predicted molar refractivity (Wildman–Crippen MR) is 46.4 cm³/mol. The SMILES string of the molecule is [CH]1CNCC1c1ccccc1. The van der Waals surface area contributed by atoms with Crippen LogP contribution in [-0.4, -0.2) is 13.1 Å². The molecule has 1 radical (unpaired) electrons. The van der Waals surface area contributed by atoms with Gasteiger partial charge in [-0.1, -0.05) is 30.3 Å². The summed E-state index contributed by atoms with van der Waals surface area (Å²) < 4.78 is 0. The third-order valence-corrected chi connectivity index (χ3v) is 2.14. The summed E-state index contributed by atoms with van der Waals surface area (Å²) in [5.74, 6) is 0.635. The summed E-state index contributed by atoms with van der Waals surface area (Å²) in [5.41, 5.74) is 1.43. The van der Waals surface area contributed by atoms with E-state index in [1.165, 1.54) is 5.56 Å². The normalized spacial score (nSPS) is 23.8. The summed E-state index contributed by atoms with van der Waals surface area (Å²) in [6.45, 7) is 2.16. The van der Waals surface area contributed by atoms with Crippen molar-refractivity contribution in [3.63, 3.8) is 0 Å². The highest BCUT2D eigenvalue weighted by Gasteiger charge is 2.15. The second kappa shape index (κ2) is 3.05. The summed E-state index contributed by atoms with van der Waals surface area (Å²) in [5, 5.41) is 3.32. The maximum Gasteiger partial charge on any atom is 0.00235 e. The van der Waals surface area contributed by atoms with E-state index in [-0.39, 0.29) is 0 Å². The van der Waals surface area contributed by atoms with Crippen LogP contribution in [-0.2, 0) is 0 Å². The Balaban J connectivity index is 2.16. The Morgan fingerprint density at radius 3 is 2.64 bits per heavy atom. The van der Waals surface area contributed by atoms with Crippen LogP contribution in [0.15, 0.2) is 30.3 Å². The molecule has 0 saturated carbocycles. The van der Waals surface area contributed by atoms with Gasteiger partial charge in [0.15, 0.2) is 0 Å². The van der Waals surface area contributed by atoms with Gasteiger partial charge >= 0.3 is 0 Å². The molecule has 1 heterocycles. The molecule has 1 fully saturated rings. The van der Waals surface area contributed by atoms with E-state index >= 15 is 0 Å². The minimum Gasteiger partial charge on any atom is -0.316 e. The van der Waals surface area contributed by atoms with Crippen LogP contribution in [0.25, 0.3) is 0 Å². The summed E-state index contributed by atoms with van der Waals surface area (Å²) in [4.78, 5) is 0. The van der Waals surface area contributed by atoms with E-state index in [0.717, 1.165) is 13.1 Å². The van der Waals surface area contributed by atoms with Gasteiger partial charge in [-0.25, -0.2) is 0 Å². The Hall–Kier alpha value is -0.820. The van der Waals surface area contributed by atoms with Crippen LogP contribution in [0.2, 0.25) is 0 Å². The van der Waals surface area contributed by atoms with Gasteiger partial charge in [-0.3, -0.25) is 0 Å². The van der Waals surface area contributed by atoms with Crippen molar-refractivity contribution in [2.45, 2.75) is 5.92 Å². The van der Waals surface area contributed by atoms with Gasteiger partial charge in [0.2, 0.25) is 0 Å². The molecule has 0 aromatic heterocycles. The van der Waals surface area contributed by atoms with Crippen molar-refractivity contribution >= 4 is 0 Å². The molecule has 11 heavy (non-hydrogen) atoms. The lowest BCUT2D eigenvalue weighted by atomic mass is 9.99. The number of benzene rings is 1. The van der Waals surface area contributed by atoms with Gasteiger partial charge < -0.3 is 5.32 Å². The molecular formula is C10H12N. The van der Waals surface area contributed by atoms with Gasteiger partial charge in [-0.05, 0) is 18.5 Å². The van der Waals surface area contributed by atoms with Crippen molar-refractivity contribution in [3.05, 3.63) is 42.3 Å². The zero-order valence-electron chi connectivity index (χ0n) is 6.46. The van der Waals surface area contributed by atoms with E-state index in [1.54, 1.807) is 0 Å². The maximum atomic E-state index is 3.32. The van der Waals surface area contributed by atoms with Crippen molar-refractivity contribution in [1.29, 1.82) is 0 Å². The molecule has 1 heteroatoms. The lowest BCUT2D eigenvalue weighted by Crippen LogP contribution is -2.07. The Bertz CT molecular complexity index is 212. The highest BCUT2D eigenvalue weighted by Crippen LogP contribution is 2.20. The minimum atomic E-state index is 0.635. The summed E-state index contributed by atoms with van der Waals surface area (Å²) >= 11 is 0. The van der Waals surface area contributed by atoms with E-state index in [0.29, 0.717) is 5.92 Å². The van der Waals surface area contributed by atoms with Crippen LogP contribution in [0, 0.1) is 6.42 Å². The molecule has 1 aliphatic rings. The fourth-order valence-corrected chi connectivity index (χ4v) is 1.50. The highest BCUT2D eigenvalue weighted by atomic mass is 14.9. The van der Waals surface area contributed by atoms with E-state index in [1.807, 2.05) is 0 Å². The molecule has 1 unspecified atom stereocenters. The minimum absolute atomic E-state index is 0.635. The third-order valence-electron chi connectivity index (χ3n) is 2.14. The van der Waals surface area contributed by atoms with Crippen molar-refractivity contribution < 1.29 is 0 Å². The van der Waals surface area contributed by atoms with E-state index in [2.05, 4.69) is 42.1 Å². The zero-order valence-corrected chi connectivity index (χ0v) is 6.46. The molecule has 57 valence electrons. The smallest absolute Gasteiger partial charge is 0.00235 e. The van der Waals surface area contributed by atoms with Crippen molar-refractivity contribution in [2.24, 2.45) is 0 Å². The topological polar surface area (TPSA) is 12.0 Å². The third kappa shape index (κ3) is 1.43. The summed E-state index contributed by atoms with van der Waals surface area (Å²) in [7, 11) is 0. The van der Waals surface area contributed by atoms with Gasteiger partial charge in [0.1, 0.15) is 0 Å². The van der Waals surface area contributed by atoms with E-state index in [4.69, 9.17) is 0 Å². The molecule has 1 aromatic carbocycles. The summed E-state index contributed by atoms with van der Waals surface area (Å²) in [6.07, 6.45) is 2.33. The van der Waals surface area contributed by atoms with Crippen LogP contribution in [0.4, 0.5) is 0 Å². The van der Waals surface area contributed by atoms with Gasteiger partial charge in [0, 0.05) is 12.5 Å². The number of hydrogen-bond donors (Lipinski definition) is 1. The quantitative estimate of drug-likeness (QED) is 0.634. The molecule has 0 bridgehead atoms. The van der Waals surface area contributed by atoms with Gasteiger partial charge in [-0.15, -0.1) is 0 Å². The summed E-state index contributed by atoms with van der Waals surface area (Å²) in [6, 6.07) is 10.6. The molecule has 0 aliphatic carbocycles. The Kier molecular flexibility index (Phi) is 1.91. The van der Waals surface area contributed by atoms with Crippen LogP contribution < -0.4 is 5.32 Å². The largest absolute Gasteiger partial charge is 0.316 e. The van der Waals surface area contributed by atoms with Crippen molar-refractivity contribution in [2.75, 3.05) is 13.1 Å². The van der Waals surface area contributed by atoms with Crippen LogP contribution >= 0.6 is 0 Å². The number of nitrogens with one attached hydrogen (secondary N) is 1. The molecule has 1 nitrogen and oxygen atoms in total. The Morgan fingerprint density at radius 1 is 1.18 bits per heavy atom. The lowest BCUT2D eigenvalue weighted by Gasteiger charge is -2.06.